The van der Waals surface area contributed by atoms with Gasteiger partial charge in [0.1, 0.15) is 6.10 Å². The minimum absolute atomic E-state index is 0.0224. The van der Waals surface area contributed by atoms with Crippen molar-refractivity contribution in [1.29, 1.82) is 0 Å². The maximum atomic E-state index is 12.2. The molecule has 0 spiro atoms. The Kier molecular flexibility index (Phi) is 7.43. The molecule has 0 heterocycles. The summed E-state index contributed by atoms with van der Waals surface area (Å²) in [6, 6.07) is 0. The van der Waals surface area contributed by atoms with E-state index in [1.165, 1.54) is 57.8 Å². The standard InChI is InChI=1S/C31H52O2/c1-20(2)9-8-10-22(5)26-13-14-27-25-12-11-23-19-24(33-29(32)21(3)4)15-17-30(23,6)28(25)16-18-31(26,27)7/h11,20-22,24-28H,8-10,12-19H2,1-7H3/t22-,24-,25-,26+,27-,28-,30-,31+/m0/s1. The van der Waals surface area contributed by atoms with E-state index >= 15 is 0 Å². The molecule has 0 amide bonds. The largest absolute Gasteiger partial charge is 0.462 e. The highest BCUT2D eigenvalue weighted by Crippen LogP contribution is 2.67. The Bertz CT molecular complexity index is 735. The van der Waals surface area contributed by atoms with E-state index in [4.69, 9.17) is 4.74 Å². The third kappa shape index (κ3) is 4.71. The summed E-state index contributed by atoms with van der Waals surface area (Å²) in [5.74, 6) is 5.24. The number of esters is 1. The Morgan fingerprint density at radius 1 is 1.00 bits per heavy atom. The van der Waals surface area contributed by atoms with Crippen LogP contribution in [0.4, 0.5) is 0 Å². The lowest BCUT2D eigenvalue weighted by Crippen LogP contribution is -2.51. The van der Waals surface area contributed by atoms with Crippen molar-refractivity contribution in [2.45, 2.75) is 125 Å². The van der Waals surface area contributed by atoms with Gasteiger partial charge in [0, 0.05) is 6.42 Å². The van der Waals surface area contributed by atoms with E-state index < -0.39 is 0 Å². The van der Waals surface area contributed by atoms with E-state index in [1.807, 2.05) is 13.8 Å². The quantitative estimate of drug-likeness (QED) is 0.283. The van der Waals surface area contributed by atoms with Gasteiger partial charge in [-0.3, -0.25) is 4.79 Å². The lowest BCUT2D eigenvalue weighted by atomic mass is 9.47. The van der Waals surface area contributed by atoms with Crippen LogP contribution in [0.5, 0.6) is 0 Å². The molecule has 3 saturated carbocycles. The average Bonchev–Trinajstić information content (AvgIpc) is 3.11. The van der Waals surface area contributed by atoms with Crippen molar-refractivity contribution >= 4 is 5.97 Å². The van der Waals surface area contributed by atoms with Crippen molar-refractivity contribution < 1.29 is 9.53 Å². The van der Waals surface area contributed by atoms with E-state index in [2.05, 4.69) is 40.7 Å². The van der Waals surface area contributed by atoms with Gasteiger partial charge in [0.05, 0.1) is 5.92 Å². The zero-order valence-electron chi connectivity index (χ0n) is 22.8. The summed E-state index contributed by atoms with van der Waals surface area (Å²) < 4.78 is 5.88. The maximum absolute atomic E-state index is 12.2. The van der Waals surface area contributed by atoms with Crippen LogP contribution in [0.1, 0.15) is 119 Å². The minimum Gasteiger partial charge on any atom is -0.462 e. The Balaban J connectivity index is 1.45. The summed E-state index contributed by atoms with van der Waals surface area (Å²) in [6.45, 7) is 16.5. The lowest BCUT2D eigenvalue weighted by molar-refractivity contribution is -0.155. The van der Waals surface area contributed by atoms with E-state index in [0.29, 0.717) is 10.8 Å². The zero-order chi connectivity index (χ0) is 24.0. The molecule has 2 heteroatoms. The van der Waals surface area contributed by atoms with Crippen LogP contribution in [0.2, 0.25) is 0 Å². The van der Waals surface area contributed by atoms with Crippen LogP contribution in [-0.4, -0.2) is 12.1 Å². The second-order valence-electron chi connectivity index (χ2n) is 13.7. The van der Waals surface area contributed by atoms with Crippen molar-refractivity contribution in [2.24, 2.45) is 52.3 Å². The van der Waals surface area contributed by atoms with Gasteiger partial charge in [0.15, 0.2) is 0 Å². The van der Waals surface area contributed by atoms with Gasteiger partial charge in [0.25, 0.3) is 0 Å². The fourth-order valence-corrected chi connectivity index (χ4v) is 9.05. The fraction of sp³-hybridized carbons (Fsp3) is 0.903. The number of hydrogen-bond donors (Lipinski definition) is 0. The molecule has 0 bridgehead atoms. The summed E-state index contributed by atoms with van der Waals surface area (Å²) in [5.41, 5.74) is 2.52. The number of hydrogen-bond acceptors (Lipinski definition) is 2. The second kappa shape index (κ2) is 9.69. The summed E-state index contributed by atoms with van der Waals surface area (Å²) in [5, 5.41) is 0. The van der Waals surface area contributed by atoms with Crippen molar-refractivity contribution in [3.63, 3.8) is 0 Å². The number of carbonyl (C=O) groups is 1. The van der Waals surface area contributed by atoms with Gasteiger partial charge in [-0.05, 0) is 91.3 Å². The van der Waals surface area contributed by atoms with Gasteiger partial charge in [-0.2, -0.15) is 0 Å². The smallest absolute Gasteiger partial charge is 0.308 e. The van der Waals surface area contributed by atoms with E-state index in [9.17, 15) is 4.79 Å². The highest BCUT2D eigenvalue weighted by molar-refractivity contribution is 5.71. The molecule has 8 atom stereocenters. The molecule has 188 valence electrons. The van der Waals surface area contributed by atoms with Gasteiger partial charge in [-0.15, -0.1) is 0 Å². The van der Waals surface area contributed by atoms with Crippen molar-refractivity contribution in [3.8, 4) is 0 Å². The first kappa shape index (κ1) is 25.3. The monoisotopic (exact) mass is 456 g/mol. The third-order valence-corrected chi connectivity index (χ3v) is 11.0. The van der Waals surface area contributed by atoms with Crippen molar-refractivity contribution in [2.75, 3.05) is 0 Å². The van der Waals surface area contributed by atoms with E-state index in [1.54, 1.807) is 5.57 Å². The van der Waals surface area contributed by atoms with Gasteiger partial charge >= 0.3 is 5.97 Å². The average molecular weight is 457 g/mol. The van der Waals surface area contributed by atoms with Crippen LogP contribution >= 0.6 is 0 Å². The van der Waals surface area contributed by atoms with E-state index in [0.717, 1.165) is 48.3 Å². The van der Waals surface area contributed by atoms with Crippen molar-refractivity contribution in [3.05, 3.63) is 11.6 Å². The molecular weight excluding hydrogens is 404 g/mol. The Morgan fingerprint density at radius 3 is 2.45 bits per heavy atom. The number of carbonyl (C=O) groups excluding carboxylic acids is 1. The molecule has 0 aromatic rings. The number of allylic oxidation sites excluding steroid dienone is 1. The molecule has 0 radical (unpaired) electrons. The zero-order valence-corrected chi connectivity index (χ0v) is 22.8. The van der Waals surface area contributed by atoms with Crippen molar-refractivity contribution in [1.82, 2.24) is 0 Å². The molecular formula is C31H52O2. The van der Waals surface area contributed by atoms with Crippen LogP contribution in [0.15, 0.2) is 11.6 Å². The number of rotatable bonds is 7. The SMILES string of the molecule is CC(C)CCC[C@H](C)[C@H]1CC[C@H]2[C@@H]3CC=C4C[C@@H](OC(=O)C(C)C)CC[C@]4(C)[C@H]3CC[C@]12C. The second-order valence-corrected chi connectivity index (χ2v) is 13.7. The molecule has 4 aliphatic rings. The van der Waals surface area contributed by atoms with E-state index in [-0.39, 0.29) is 18.0 Å². The summed E-state index contributed by atoms with van der Waals surface area (Å²) in [7, 11) is 0. The third-order valence-electron chi connectivity index (χ3n) is 11.0. The molecule has 0 aromatic carbocycles. The first-order valence-electron chi connectivity index (χ1n) is 14.5. The molecule has 33 heavy (non-hydrogen) atoms. The normalized spacial score (nSPS) is 41.2. The molecule has 3 fully saturated rings. The predicted molar refractivity (Wildman–Crippen MR) is 138 cm³/mol. The molecule has 4 aliphatic carbocycles. The molecule has 0 N–H and O–H groups in total. The predicted octanol–water partition coefficient (Wildman–Crippen LogP) is 8.60. The number of ether oxygens (including phenoxy) is 1. The topological polar surface area (TPSA) is 26.3 Å². The van der Waals surface area contributed by atoms with Crippen LogP contribution < -0.4 is 0 Å². The highest BCUT2D eigenvalue weighted by atomic mass is 16.5. The fourth-order valence-electron chi connectivity index (χ4n) is 9.05. The van der Waals surface area contributed by atoms with Gasteiger partial charge in [-0.1, -0.05) is 79.4 Å². The highest BCUT2D eigenvalue weighted by Gasteiger charge is 2.59. The molecule has 0 saturated heterocycles. The Hall–Kier alpha value is -0.790. The molecule has 2 nitrogen and oxygen atoms in total. The molecule has 0 aromatic heterocycles. The Labute approximate surface area is 204 Å². The van der Waals surface area contributed by atoms with Crippen LogP contribution in [0.25, 0.3) is 0 Å². The minimum atomic E-state index is -0.0258. The molecule has 4 rings (SSSR count). The lowest BCUT2D eigenvalue weighted by Gasteiger charge is -2.58. The first-order chi connectivity index (χ1) is 15.6. The van der Waals surface area contributed by atoms with Crippen LogP contribution in [0, 0.1) is 52.3 Å². The summed E-state index contributed by atoms with van der Waals surface area (Å²) >= 11 is 0. The first-order valence-corrected chi connectivity index (χ1v) is 14.5. The summed E-state index contributed by atoms with van der Waals surface area (Å²) in [4.78, 5) is 12.2. The summed E-state index contributed by atoms with van der Waals surface area (Å²) in [6.07, 6.45) is 17.2. The van der Waals surface area contributed by atoms with Crippen LogP contribution in [0.3, 0.4) is 0 Å². The molecule has 0 unspecified atom stereocenters. The van der Waals surface area contributed by atoms with Crippen LogP contribution in [-0.2, 0) is 9.53 Å². The number of fused-ring (bicyclic) bond motifs is 5. The van der Waals surface area contributed by atoms with Gasteiger partial charge in [0.2, 0.25) is 0 Å². The van der Waals surface area contributed by atoms with Gasteiger partial charge in [-0.25, -0.2) is 0 Å². The van der Waals surface area contributed by atoms with Gasteiger partial charge < -0.3 is 4.74 Å². The maximum Gasteiger partial charge on any atom is 0.308 e. The molecule has 0 aliphatic heterocycles. The Morgan fingerprint density at radius 2 is 1.76 bits per heavy atom.